The Balaban J connectivity index is 1.98. The summed E-state index contributed by atoms with van der Waals surface area (Å²) >= 11 is 3.59. The van der Waals surface area contributed by atoms with Gasteiger partial charge in [-0.1, -0.05) is 35.2 Å². The molecule has 0 bridgehead atoms. The van der Waals surface area contributed by atoms with Crippen molar-refractivity contribution in [3.63, 3.8) is 0 Å². The highest BCUT2D eigenvalue weighted by atomic mass is 79.9. The number of hydrogen-bond donors (Lipinski definition) is 1. The van der Waals surface area contributed by atoms with Gasteiger partial charge in [0, 0.05) is 17.4 Å². The van der Waals surface area contributed by atoms with Crippen LogP contribution in [0.4, 0.5) is 4.39 Å². The molecule has 0 atom stereocenters. The minimum absolute atomic E-state index is 0.112. The van der Waals surface area contributed by atoms with Crippen LogP contribution in [0.25, 0.3) is 0 Å². The molecule has 0 saturated heterocycles. The Labute approximate surface area is 128 Å². The summed E-state index contributed by atoms with van der Waals surface area (Å²) in [6.45, 7) is 2.36. The van der Waals surface area contributed by atoms with E-state index in [1.165, 1.54) is 25.3 Å². The van der Waals surface area contributed by atoms with Gasteiger partial charge in [-0.25, -0.2) is 4.39 Å². The molecule has 1 fully saturated rings. The van der Waals surface area contributed by atoms with Crippen LogP contribution in [0.15, 0.2) is 18.2 Å². The van der Waals surface area contributed by atoms with E-state index in [9.17, 15) is 9.18 Å². The summed E-state index contributed by atoms with van der Waals surface area (Å²) in [4.78, 5) is 12.2. The third-order valence-electron chi connectivity index (χ3n) is 4.24. The lowest BCUT2D eigenvalue weighted by molar-refractivity contribution is 0.0922. The highest BCUT2D eigenvalue weighted by Crippen LogP contribution is 2.37. The first-order chi connectivity index (χ1) is 9.56. The van der Waals surface area contributed by atoms with Gasteiger partial charge in [-0.05, 0) is 48.9 Å². The van der Waals surface area contributed by atoms with Crippen molar-refractivity contribution in [3.05, 3.63) is 35.1 Å². The molecule has 1 aromatic rings. The van der Waals surface area contributed by atoms with Crippen LogP contribution in [0.2, 0.25) is 0 Å². The van der Waals surface area contributed by atoms with Crippen LogP contribution in [0.1, 0.15) is 48.0 Å². The Hall–Kier alpha value is -0.900. The lowest BCUT2D eigenvalue weighted by atomic mass is 9.75. The number of aryl methyl sites for hydroxylation is 1. The van der Waals surface area contributed by atoms with Crippen LogP contribution < -0.4 is 5.32 Å². The van der Waals surface area contributed by atoms with Gasteiger partial charge >= 0.3 is 0 Å². The van der Waals surface area contributed by atoms with Crippen LogP contribution >= 0.6 is 15.9 Å². The van der Waals surface area contributed by atoms with Crippen molar-refractivity contribution < 1.29 is 9.18 Å². The van der Waals surface area contributed by atoms with Gasteiger partial charge in [-0.2, -0.15) is 0 Å². The van der Waals surface area contributed by atoms with E-state index >= 15 is 0 Å². The lowest BCUT2D eigenvalue weighted by Crippen LogP contribution is -2.40. The number of carbonyl (C=O) groups excluding carboxylic acids is 1. The van der Waals surface area contributed by atoms with Crippen LogP contribution in [0.5, 0.6) is 0 Å². The monoisotopic (exact) mass is 341 g/mol. The number of amides is 1. The molecule has 1 amide bonds. The van der Waals surface area contributed by atoms with Gasteiger partial charge in [-0.3, -0.25) is 4.79 Å². The summed E-state index contributed by atoms with van der Waals surface area (Å²) in [5.41, 5.74) is 1.22. The summed E-state index contributed by atoms with van der Waals surface area (Å²) in [7, 11) is 0. The van der Waals surface area contributed by atoms with Gasteiger partial charge < -0.3 is 5.32 Å². The number of halogens is 2. The molecule has 0 aromatic heterocycles. The molecule has 1 N–H and O–H groups in total. The van der Waals surface area contributed by atoms with E-state index in [0.29, 0.717) is 17.7 Å². The van der Waals surface area contributed by atoms with Gasteiger partial charge in [0.1, 0.15) is 5.82 Å². The quantitative estimate of drug-likeness (QED) is 0.816. The van der Waals surface area contributed by atoms with E-state index in [1.54, 1.807) is 19.1 Å². The van der Waals surface area contributed by atoms with Crippen LogP contribution in [0.3, 0.4) is 0 Å². The third-order valence-corrected chi connectivity index (χ3v) is 5.43. The molecule has 4 heteroatoms. The first-order valence-electron chi connectivity index (χ1n) is 7.17. The number of nitrogens with one attached hydrogen (secondary N) is 1. The second-order valence-corrected chi connectivity index (χ2v) is 6.40. The first kappa shape index (κ1) is 15.5. The Morgan fingerprint density at radius 3 is 2.65 bits per heavy atom. The van der Waals surface area contributed by atoms with Gasteiger partial charge in [0.2, 0.25) is 0 Å². The van der Waals surface area contributed by atoms with Crippen molar-refractivity contribution in [1.82, 2.24) is 5.32 Å². The molecule has 110 valence electrons. The van der Waals surface area contributed by atoms with Gasteiger partial charge in [0.05, 0.1) is 0 Å². The predicted molar refractivity (Wildman–Crippen MR) is 82.8 cm³/mol. The molecule has 2 rings (SSSR count). The number of carbonyl (C=O) groups is 1. The Bertz CT molecular complexity index is 483. The summed E-state index contributed by atoms with van der Waals surface area (Å²) in [6, 6.07) is 4.50. The van der Waals surface area contributed by atoms with E-state index in [0.717, 1.165) is 18.2 Å². The molecule has 1 aliphatic rings. The molecular weight excluding hydrogens is 321 g/mol. The molecule has 2 nitrogen and oxygen atoms in total. The number of hydrogen-bond acceptors (Lipinski definition) is 1. The Morgan fingerprint density at radius 1 is 1.35 bits per heavy atom. The SMILES string of the molecule is Cc1cc(C(=O)NCC2(CBr)CCCCC2)ccc1F. The highest BCUT2D eigenvalue weighted by molar-refractivity contribution is 9.09. The number of rotatable bonds is 4. The topological polar surface area (TPSA) is 29.1 Å². The molecule has 1 saturated carbocycles. The van der Waals surface area contributed by atoms with Crippen molar-refractivity contribution >= 4 is 21.8 Å². The number of benzene rings is 1. The van der Waals surface area contributed by atoms with Crippen molar-refractivity contribution in [3.8, 4) is 0 Å². The maximum absolute atomic E-state index is 13.2. The molecule has 0 aliphatic heterocycles. The maximum Gasteiger partial charge on any atom is 0.251 e. The molecule has 1 aromatic carbocycles. The van der Waals surface area contributed by atoms with Gasteiger partial charge in [0.25, 0.3) is 5.91 Å². The van der Waals surface area contributed by atoms with Crippen LogP contribution in [-0.2, 0) is 0 Å². The summed E-state index contributed by atoms with van der Waals surface area (Å²) in [5, 5.41) is 3.94. The van der Waals surface area contributed by atoms with E-state index in [4.69, 9.17) is 0 Å². The largest absolute Gasteiger partial charge is 0.351 e. The first-order valence-corrected chi connectivity index (χ1v) is 8.29. The molecule has 1 aliphatic carbocycles. The Morgan fingerprint density at radius 2 is 2.05 bits per heavy atom. The molecular formula is C16H21BrFNO. The van der Waals surface area contributed by atoms with Crippen molar-refractivity contribution in [2.45, 2.75) is 39.0 Å². The maximum atomic E-state index is 13.2. The van der Waals surface area contributed by atoms with E-state index in [-0.39, 0.29) is 17.1 Å². The van der Waals surface area contributed by atoms with Crippen molar-refractivity contribution in [1.29, 1.82) is 0 Å². The zero-order valence-electron chi connectivity index (χ0n) is 11.8. The fourth-order valence-electron chi connectivity index (χ4n) is 2.82. The van der Waals surface area contributed by atoms with Gasteiger partial charge in [-0.15, -0.1) is 0 Å². The zero-order valence-corrected chi connectivity index (χ0v) is 13.4. The normalized spacial score (nSPS) is 17.8. The molecule has 0 radical (unpaired) electrons. The minimum Gasteiger partial charge on any atom is -0.351 e. The smallest absolute Gasteiger partial charge is 0.251 e. The standard InChI is InChI=1S/C16H21BrFNO/c1-12-9-13(5-6-14(12)18)15(20)19-11-16(10-17)7-3-2-4-8-16/h5-6,9H,2-4,7-8,10-11H2,1H3,(H,19,20). The van der Waals surface area contributed by atoms with E-state index < -0.39 is 0 Å². The van der Waals surface area contributed by atoms with Crippen molar-refractivity contribution in [2.75, 3.05) is 11.9 Å². The van der Waals surface area contributed by atoms with Gasteiger partial charge in [0.15, 0.2) is 0 Å². The van der Waals surface area contributed by atoms with E-state index in [2.05, 4.69) is 21.2 Å². The molecule has 0 heterocycles. The van der Waals surface area contributed by atoms with E-state index in [1.807, 2.05) is 0 Å². The van der Waals surface area contributed by atoms with Crippen LogP contribution in [0, 0.1) is 18.2 Å². The summed E-state index contributed by atoms with van der Waals surface area (Å²) in [5.74, 6) is -0.384. The Kier molecular flexibility index (Phi) is 5.19. The molecule has 0 unspecified atom stereocenters. The highest BCUT2D eigenvalue weighted by Gasteiger charge is 2.31. The van der Waals surface area contributed by atoms with Crippen LogP contribution in [-0.4, -0.2) is 17.8 Å². The molecule has 20 heavy (non-hydrogen) atoms. The zero-order chi connectivity index (χ0) is 14.6. The summed E-state index contributed by atoms with van der Waals surface area (Å²) < 4.78 is 13.2. The number of alkyl halides is 1. The lowest BCUT2D eigenvalue weighted by Gasteiger charge is -2.35. The van der Waals surface area contributed by atoms with Crippen molar-refractivity contribution in [2.24, 2.45) is 5.41 Å². The average molecular weight is 342 g/mol. The average Bonchev–Trinajstić information content (AvgIpc) is 2.48. The summed E-state index contributed by atoms with van der Waals surface area (Å²) in [6.07, 6.45) is 6.07. The fraction of sp³-hybridized carbons (Fsp3) is 0.562. The predicted octanol–water partition coefficient (Wildman–Crippen LogP) is 4.21. The second-order valence-electron chi connectivity index (χ2n) is 5.84. The minimum atomic E-state index is -0.272. The third kappa shape index (κ3) is 3.60. The second kappa shape index (κ2) is 6.70. The molecule has 0 spiro atoms. The fourth-order valence-corrected chi connectivity index (χ4v) is 3.57.